The van der Waals surface area contributed by atoms with E-state index < -0.39 is 97.3 Å². The van der Waals surface area contributed by atoms with Gasteiger partial charge in [-0.05, 0) is 36.5 Å². The van der Waals surface area contributed by atoms with Crippen molar-refractivity contribution in [3.8, 4) is 0 Å². The molecule has 0 rings (SSSR count). The summed E-state index contributed by atoms with van der Waals surface area (Å²) >= 11 is 4.64. The van der Waals surface area contributed by atoms with E-state index in [2.05, 4.69) is 46.1 Å². The Morgan fingerprint density at radius 3 is 0.429 bits per heavy atom. The summed E-state index contributed by atoms with van der Waals surface area (Å²) in [6.45, 7) is 0. The standard InChI is InChI=1S/CH3Cl.3Hf.4HO8P3/c1-2;;;;4*1-9(2)7-11(5,6)8-10(3)4/h1H3;;;;4*(H,5,6)/q;3*+4;;;;/p-4. The molecule has 0 amide bonds. The normalized spacial score (nSPS) is 17.0. The van der Waals surface area contributed by atoms with Gasteiger partial charge in [0, 0.05) is 6.38 Å². The molecule has 0 bridgehead atoms. The molecular formula is CH3ClHf3O32P12+8. The van der Waals surface area contributed by atoms with Crippen molar-refractivity contribution >= 4 is 109 Å². The Bertz CT molecular complexity index is 1000. The van der Waals surface area contributed by atoms with Crippen LogP contribution in [0.3, 0.4) is 0 Å². The van der Waals surface area contributed by atoms with Gasteiger partial charge in [-0.1, -0.05) is 34.5 Å². The van der Waals surface area contributed by atoms with Gasteiger partial charge in [0.05, 0.1) is 0 Å². The second-order valence-electron chi connectivity index (χ2n) is 4.23. The Morgan fingerprint density at radius 1 is 0.327 bits per heavy atom. The number of rotatable bonds is 16. The van der Waals surface area contributed by atoms with Gasteiger partial charge in [0.25, 0.3) is 0 Å². The van der Waals surface area contributed by atoms with Gasteiger partial charge < -0.3 is 58.7 Å². The van der Waals surface area contributed by atoms with Crippen LogP contribution in [0, 0.1) is 0 Å². The van der Waals surface area contributed by atoms with Gasteiger partial charge in [-0.3, -0.25) is 18.3 Å². The van der Waals surface area contributed by atoms with Crippen LogP contribution in [-0.4, -0.2) is 6.38 Å². The van der Waals surface area contributed by atoms with E-state index in [1.54, 1.807) is 0 Å². The van der Waals surface area contributed by atoms with Crippen LogP contribution in [0.5, 0.6) is 0 Å². The molecule has 0 aliphatic rings. The molecule has 32 nitrogen and oxygen atoms in total. The molecule has 0 heterocycles. The van der Waals surface area contributed by atoms with E-state index in [1.807, 2.05) is 0 Å². The Morgan fingerprint density at radius 2 is 0.388 bits per heavy atom. The zero-order chi connectivity index (χ0) is 38.3. The molecule has 270 valence electrons. The number of halogens is 1. The van der Waals surface area contributed by atoms with Crippen molar-refractivity contribution in [3.05, 3.63) is 0 Å². The molecule has 8 atom stereocenters. The van der Waals surface area contributed by atoms with Gasteiger partial charge in [-0.2, -0.15) is 0 Å². The van der Waals surface area contributed by atoms with Crippen LogP contribution in [0.2, 0.25) is 0 Å². The fraction of sp³-hybridized carbons (Fsp3) is 1.00. The molecule has 0 fully saturated rings. The van der Waals surface area contributed by atoms with Gasteiger partial charge >= 0.3 is 175 Å². The van der Waals surface area contributed by atoms with Gasteiger partial charge in [0.15, 0.2) is 0 Å². The van der Waals surface area contributed by atoms with Gasteiger partial charge in [0.2, 0.25) is 0 Å². The summed E-state index contributed by atoms with van der Waals surface area (Å²) in [6, 6.07) is 0. The summed E-state index contributed by atoms with van der Waals surface area (Å²) in [4.78, 5) is 117. The van der Waals surface area contributed by atoms with Crippen LogP contribution >= 0.6 is 109 Å². The molecule has 0 spiro atoms. The third kappa shape index (κ3) is 67.0. The fourth-order valence-electron chi connectivity index (χ4n) is 0.713. The van der Waals surface area contributed by atoms with E-state index in [9.17, 15) is 114 Å². The third-order valence-corrected chi connectivity index (χ3v) is 12.0. The van der Waals surface area contributed by atoms with E-state index in [0.29, 0.717) is 0 Å². The minimum Gasteiger partial charge on any atom is -0.750 e. The molecule has 49 heavy (non-hydrogen) atoms. The van der Waals surface area contributed by atoms with Crippen molar-refractivity contribution in [2.75, 3.05) is 6.38 Å². The van der Waals surface area contributed by atoms with E-state index in [1.165, 1.54) is 6.38 Å². The summed E-state index contributed by atoms with van der Waals surface area (Å²) < 4.78 is 142. The summed E-state index contributed by atoms with van der Waals surface area (Å²) in [7, 11) is -50.5. The summed E-state index contributed by atoms with van der Waals surface area (Å²) in [5, 5.41) is 0. The maximum Gasteiger partial charge on any atom is 4.00 e. The van der Waals surface area contributed by atoms with Crippen LogP contribution in [0.4, 0.5) is 0 Å². The number of alkyl halides is 1. The van der Waals surface area contributed by atoms with Crippen LogP contribution in [0.15, 0.2) is 0 Å². The average molecular weight is 1470 g/mol. The first-order valence-corrected chi connectivity index (χ1v) is 23.0. The van der Waals surface area contributed by atoms with Crippen LogP contribution in [0.1, 0.15) is 0 Å². The van der Waals surface area contributed by atoms with Crippen molar-refractivity contribution in [1.29, 1.82) is 0 Å². The van der Waals surface area contributed by atoms with Gasteiger partial charge in [0.1, 0.15) is 0 Å². The second-order valence-corrected chi connectivity index (χ2v) is 16.6. The molecule has 0 aromatic carbocycles. The largest absolute Gasteiger partial charge is 4.00 e. The van der Waals surface area contributed by atoms with Crippen molar-refractivity contribution in [2.45, 2.75) is 0 Å². The maximum atomic E-state index is 10.1. The van der Waals surface area contributed by atoms with Gasteiger partial charge in [-0.15, -0.1) is 11.6 Å². The minimum absolute atomic E-state index is 0. The predicted octanol–water partition coefficient (Wildman–Crippen LogP) is -5.06. The quantitative estimate of drug-likeness (QED) is 0.0793. The van der Waals surface area contributed by atoms with E-state index in [0.717, 1.165) is 0 Å². The van der Waals surface area contributed by atoms with Crippen molar-refractivity contribution < 1.29 is 226 Å². The average Bonchev–Trinajstić information content (AvgIpc) is 2.68. The summed E-state index contributed by atoms with van der Waals surface area (Å²) in [6.07, 6.45) is 1.47. The molecular weight excluding hydrogens is 1470 g/mol. The van der Waals surface area contributed by atoms with Gasteiger partial charge in [-0.25, -0.2) is 0 Å². The number of hydrogen-bond donors (Lipinski definition) is 0. The molecule has 0 radical (unpaired) electrons. The van der Waals surface area contributed by atoms with Crippen molar-refractivity contribution in [2.24, 2.45) is 0 Å². The van der Waals surface area contributed by atoms with Crippen LogP contribution in [-0.2, 0) is 167 Å². The Balaban J connectivity index is -0.0000000734. The van der Waals surface area contributed by atoms with E-state index >= 15 is 0 Å². The Kier molecular flexibility index (Phi) is 53.9. The summed E-state index contributed by atoms with van der Waals surface area (Å²) in [5.74, 6) is 0. The van der Waals surface area contributed by atoms with Crippen molar-refractivity contribution in [3.63, 3.8) is 0 Å². The first-order chi connectivity index (χ1) is 20.3. The zero-order valence-electron chi connectivity index (χ0n) is 21.3. The zero-order valence-corrected chi connectivity index (χ0v) is 43.6. The third-order valence-electron chi connectivity index (χ3n) is 1.33. The first kappa shape index (κ1) is 70.6. The first-order valence-electron chi connectivity index (χ1n) is 7.68. The smallest absolute Gasteiger partial charge is 0.750 e. The fourth-order valence-corrected chi connectivity index (χ4v) is 7.49. The SMILES string of the molecule is CCl.O=[P+]([O-])OP(=O)([O-])O[P+](=O)[O-].O=[P+]([O-])OP(=O)([O-])O[P+](=O)[O-].O=[P+]([O-])OP(=O)([O-])O[P+](=O)[O-].O=[P+]([O-])OP(=O)([O-])O[P+](=O)[O-].[Hf+4].[Hf+4].[Hf+4]. The Hall–Kier alpha value is 3.82. The molecule has 0 aromatic rings. The summed E-state index contributed by atoms with van der Waals surface area (Å²) in [5.41, 5.74) is 0. The molecule has 0 aliphatic carbocycles. The maximum absolute atomic E-state index is 10.1. The molecule has 48 heteroatoms. The molecule has 0 aromatic heterocycles. The molecule has 0 saturated carbocycles. The molecule has 0 saturated heterocycles. The number of phosphoric acid groups is 4. The van der Waals surface area contributed by atoms with E-state index in [4.69, 9.17) is 0 Å². The molecule has 0 N–H and O–H groups in total. The molecule has 0 aliphatic heterocycles. The van der Waals surface area contributed by atoms with Crippen molar-refractivity contribution in [1.82, 2.24) is 0 Å². The van der Waals surface area contributed by atoms with E-state index in [-0.39, 0.29) is 77.5 Å². The minimum atomic E-state index is -5.25. The Labute approximate surface area is 337 Å². The monoisotopic (exact) mass is 1470 g/mol. The molecule has 8 unspecified atom stereocenters. The second kappa shape index (κ2) is 37.4. The van der Waals surface area contributed by atoms with Crippen LogP contribution in [0.25, 0.3) is 0 Å². The number of hydrogen-bond acceptors (Lipinski definition) is 32. The topological polar surface area (TPSA) is 555 Å². The van der Waals surface area contributed by atoms with Crippen LogP contribution < -0.4 is 58.7 Å². The predicted molar refractivity (Wildman–Crippen MR) is 112 cm³/mol.